The first kappa shape index (κ1) is 13.1. The molecule has 0 unspecified atom stereocenters. The van der Waals surface area contributed by atoms with Crippen molar-refractivity contribution in [3.8, 4) is 11.5 Å². The van der Waals surface area contributed by atoms with Crippen LogP contribution in [-0.2, 0) is 6.54 Å². The van der Waals surface area contributed by atoms with E-state index in [-0.39, 0.29) is 0 Å². The van der Waals surface area contributed by atoms with Crippen molar-refractivity contribution in [3.05, 3.63) is 58.1 Å². The summed E-state index contributed by atoms with van der Waals surface area (Å²) < 4.78 is 6.91. The second kappa shape index (κ2) is 6.03. The molecule has 0 bridgehead atoms. The molecular weight excluding hydrogens is 290 g/mol. The van der Waals surface area contributed by atoms with Gasteiger partial charge in [0.15, 0.2) is 0 Å². The van der Waals surface area contributed by atoms with Crippen molar-refractivity contribution >= 4 is 15.9 Å². The summed E-state index contributed by atoms with van der Waals surface area (Å²) in [5, 5.41) is 3.14. The second-order valence-corrected chi connectivity index (χ2v) is 5.02. The van der Waals surface area contributed by atoms with E-state index < -0.39 is 0 Å². The minimum atomic E-state index is 0.835. The van der Waals surface area contributed by atoms with Crippen molar-refractivity contribution in [1.82, 2.24) is 5.32 Å². The van der Waals surface area contributed by atoms with Gasteiger partial charge in [0.1, 0.15) is 11.5 Å². The summed E-state index contributed by atoms with van der Waals surface area (Å²) in [5.41, 5.74) is 2.34. The maximum absolute atomic E-state index is 5.95. The van der Waals surface area contributed by atoms with E-state index in [1.165, 1.54) is 5.56 Å². The van der Waals surface area contributed by atoms with Crippen molar-refractivity contribution in [1.29, 1.82) is 0 Å². The van der Waals surface area contributed by atoms with E-state index in [1.54, 1.807) is 0 Å². The van der Waals surface area contributed by atoms with Crippen LogP contribution in [0.15, 0.2) is 46.9 Å². The fourth-order valence-corrected chi connectivity index (χ4v) is 2.08. The molecule has 2 aromatic carbocycles. The SMILES string of the molecule is CNCc1ccc(C)c(Oc2ccccc2Br)c1. The molecule has 0 radical (unpaired) electrons. The average molecular weight is 306 g/mol. The summed E-state index contributed by atoms with van der Waals surface area (Å²) in [4.78, 5) is 0. The predicted molar refractivity (Wildman–Crippen MR) is 78.2 cm³/mol. The molecule has 3 heteroatoms. The molecule has 2 nitrogen and oxygen atoms in total. The summed E-state index contributed by atoms with van der Waals surface area (Å²) in [7, 11) is 1.94. The summed E-state index contributed by atoms with van der Waals surface area (Å²) in [6.45, 7) is 2.89. The monoisotopic (exact) mass is 305 g/mol. The first-order valence-electron chi connectivity index (χ1n) is 5.87. The van der Waals surface area contributed by atoms with Crippen LogP contribution in [0.1, 0.15) is 11.1 Å². The van der Waals surface area contributed by atoms with Gasteiger partial charge in [0.2, 0.25) is 0 Å². The molecule has 94 valence electrons. The minimum Gasteiger partial charge on any atom is -0.456 e. The lowest BCUT2D eigenvalue weighted by molar-refractivity contribution is 0.475. The van der Waals surface area contributed by atoms with Gasteiger partial charge in [-0.1, -0.05) is 24.3 Å². The van der Waals surface area contributed by atoms with Gasteiger partial charge in [-0.2, -0.15) is 0 Å². The third-order valence-corrected chi connectivity index (χ3v) is 3.35. The van der Waals surface area contributed by atoms with Gasteiger partial charge >= 0.3 is 0 Å². The molecule has 0 aliphatic heterocycles. The van der Waals surface area contributed by atoms with E-state index >= 15 is 0 Å². The molecule has 0 atom stereocenters. The zero-order chi connectivity index (χ0) is 13.0. The average Bonchev–Trinajstić information content (AvgIpc) is 2.36. The van der Waals surface area contributed by atoms with Crippen LogP contribution in [0.3, 0.4) is 0 Å². The molecule has 1 N–H and O–H groups in total. The number of nitrogens with one attached hydrogen (secondary N) is 1. The third-order valence-electron chi connectivity index (χ3n) is 2.69. The topological polar surface area (TPSA) is 21.3 Å². The minimum absolute atomic E-state index is 0.835. The van der Waals surface area contributed by atoms with Crippen molar-refractivity contribution in [3.63, 3.8) is 0 Å². The van der Waals surface area contributed by atoms with Gasteiger partial charge in [-0.15, -0.1) is 0 Å². The van der Waals surface area contributed by atoms with Crippen LogP contribution in [0.2, 0.25) is 0 Å². The van der Waals surface area contributed by atoms with Gasteiger partial charge in [-0.25, -0.2) is 0 Å². The highest BCUT2D eigenvalue weighted by atomic mass is 79.9. The van der Waals surface area contributed by atoms with E-state index in [0.717, 1.165) is 28.1 Å². The number of rotatable bonds is 4. The number of benzene rings is 2. The second-order valence-electron chi connectivity index (χ2n) is 4.16. The lowest BCUT2D eigenvalue weighted by Crippen LogP contribution is -2.05. The Labute approximate surface area is 116 Å². The van der Waals surface area contributed by atoms with Crippen LogP contribution in [0.25, 0.3) is 0 Å². The Morgan fingerprint density at radius 2 is 1.89 bits per heavy atom. The number of para-hydroxylation sites is 1. The maximum atomic E-state index is 5.95. The van der Waals surface area contributed by atoms with E-state index in [9.17, 15) is 0 Å². The molecule has 0 aliphatic carbocycles. The molecule has 2 aromatic rings. The molecule has 0 heterocycles. The Morgan fingerprint density at radius 1 is 1.11 bits per heavy atom. The van der Waals surface area contributed by atoms with Gasteiger partial charge < -0.3 is 10.1 Å². The van der Waals surface area contributed by atoms with Gasteiger partial charge in [-0.05, 0) is 59.2 Å². The van der Waals surface area contributed by atoms with Crippen LogP contribution in [0.4, 0.5) is 0 Å². The Balaban J connectivity index is 2.28. The van der Waals surface area contributed by atoms with E-state index in [2.05, 4.69) is 46.4 Å². The fraction of sp³-hybridized carbons (Fsp3) is 0.200. The van der Waals surface area contributed by atoms with E-state index in [1.807, 2.05) is 31.3 Å². The zero-order valence-corrected chi connectivity index (χ0v) is 12.1. The summed E-state index contributed by atoms with van der Waals surface area (Å²) in [5.74, 6) is 1.73. The van der Waals surface area contributed by atoms with Gasteiger partial charge in [0.05, 0.1) is 4.47 Å². The number of hydrogen-bond donors (Lipinski definition) is 1. The van der Waals surface area contributed by atoms with Crippen LogP contribution in [0.5, 0.6) is 11.5 Å². The standard InChI is InChI=1S/C15H16BrNO/c1-11-7-8-12(10-17-2)9-15(11)18-14-6-4-3-5-13(14)16/h3-9,17H,10H2,1-2H3. The summed E-state index contributed by atoms with van der Waals surface area (Å²) in [6.07, 6.45) is 0. The van der Waals surface area contributed by atoms with Crippen LogP contribution in [-0.4, -0.2) is 7.05 Å². The highest BCUT2D eigenvalue weighted by Gasteiger charge is 2.05. The fourth-order valence-electron chi connectivity index (χ4n) is 1.71. The van der Waals surface area contributed by atoms with Crippen molar-refractivity contribution in [2.24, 2.45) is 0 Å². The van der Waals surface area contributed by atoms with Crippen LogP contribution >= 0.6 is 15.9 Å². The summed E-state index contributed by atoms with van der Waals surface area (Å²) in [6, 6.07) is 14.1. The van der Waals surface area contributed by atoms with E-state index in [4.69, 9.17) is 4.74 Å². The highest BCUT2D eigenvalue weighted by Crippen LogP contribution is 2.31. The third kappa shape index (κ3) is 3.12. The number of ether oxygens (including phenoxy) is 1. The Bertz CT molecular complexity index is 540. The van der Waals surface area contributed by atoms with Crippen LogP contribution in [0, 0.1) is 6.92 Å². The largest absolute Gasteiger partial charge is 0.456 e. The van der Waals surface area contributed by atoms with E-state index in [0.29, 0.717) is 0 Å². The molecule has 0 saturated heterocycles. The van der Waals surface area contributed by atoms with Gasteiger partial charge in [-0.3, -0.25) is 0 Å². The van der Waals surface area contributed by atoms with Crippen molar-refractivity contribution in [2.45, 2.75) is 13.5 Å². The molecular formula is C15H16BrNO. The zero-order valence-electron chi connectivity index (χ0n) is 10.5. The predicted octanol–water partition coefficient (Wildman–Crippen LogP) is 4.27. The number of hydrogen-bond acceptors (Lipinski definition) is 2. The molecule has 2 rings (SSSR count). The quantitative estimate of drug-likeness (QED) is 0.911. The normalized spacial score (nSPS) is 10.4. The Hall–Kier alpha value is -1.32. The lowest BCUT2D eigenvalue weighted by atomic mass is 10.1. The summed E-state index contributed by atoms with van der Waals surface area (Å²) >= 11 is 3.49. The van der Waals surface area contributed by atoms with Crippen molar-refractivity contribution in [2.75, 3.05) is 7.05 Å². The molecule has 0 fully saturated rings. The van der Waals surface area contributed by atoms with Crippen molar-refractivity contribution < 1.29 is 4.74 Å². The van der Waals surface area contributed by atoms with Gasteiger partial charge in [0, 0.05) is 6.54 Å². The number of aryl methyl sites for hydroxylation is 1. The first-order valence-corrected chi connectivity index (χ1v) is 6.66. The molecule has 0 saturated carbocycles. The molecule has 0 spiro atoms. The highest BCUT2D eigenvalue weighted by molar-refractivity contribution is 9.10. The lowest BCUT2D eigenvalue weighted by Gasteiger charge is -2.11. The number of halogens is 1. The Morgan fingerprint density at radius 3 is 2.61 bits per heavy atom. The smallest absolute Gasteiger partial charge is 0.141 e. The van der Waals surface area contributed by atoms with Crippen LogP contribution < -0.4 is 10.1 Å². The molecule has 0 aliphatic rings. The van der Waals surface area contributed by atoms with Gasteiger partial charge in [0.25, 0.3) is 0 Å². The molecule has 0 aromatic heterocycles. The maximum Gasteiger partial charge on any atom is 0.141 e. The Kier molecular flexibility index (Phi) is 4.39. The first-order chi connectivity index (χ1) is 8.70. The molecule has 0 amide bonds. The molecule has 18 heavy (non-hydrogen) atoms.